The van der Waals surface area contributed by atoms with E-state index in [1.807, 2.05) is 0 Å². The molecule has 22 heavy (non-hydrogen) atoms. The first kappa shape index (κ1) is 15.3. The Hall–Kier alpha value is -1.65. The second kappa shape index (κ2) is 7.07. The van der Waals surface area contributed by atoms with Crippen molar-refractivity contribution in [3.05, 3.63) is 53.4 Å². The summed E-state index contributed by atoms with van der Waals surface area (Å²) in [5.74, 6) is 0.876. The molecule has 116 valence electrons. The fourth-order valence-corrected chi connectivity index (χ4v) is 3.02. The van der Waals surface area contributed by atoms with Gasteiger partial charge in [0.1, 0.15) is 11.0 Å². The summed E-state index contributed by atoms with van der Waals surface area (Å²) >= 11 is 5.96. The summed E-state index contributed by atoms with van der Waals surface area (Å²) in [6, 6.07) is 11.2. The van der Waals surface area contributed by atoms with Gasteiger partial charge < -0.3 is 4.90 Å². The van der Waals surface area contributed by atoms with Crippen LogP contribution in [-0.4, -0.2) is 40.5 Å². The van der Waals surface area contributed by atoms with Crippen LogP contribution in [0.3, 0.4) is 0 Å². The average molecular weight is 317 g/mol. The first-order valence-corrected chi connectivity index (χ1v) is 8.10. The van der Waals surface area contributed by atoms with Crippen molar-refractivity contribution in [3.63, 3.8) is 0 Å². The second-order valence-electron chi connectivity index (χ2n) is 5.78. The minimum atomic E-state index is 0.455. The monoisotopic (exact) mass is 316 g/mol. The van der Waals surface area contributed by atoms with Gasteiger partial charge in [0.15, 0.2) is 0 Å². The van der Waals surface area contributed by atoms with Gasteiger partial charge in [0.05, 0.1) is 12.4 Å². The smallest absolute Gasteiger partial charge is 0.149 e. The molecule has 0 N–H and O–H groups in total. The third kappa shape index (κ3) is 3.76. The van der Waals surface area contributed by atoms with Crippen LogP contribution in [0.5, 0.6) is 0 Å². The van der Waals surface area contributed by atoms with Crippen LogP contribution >= 0.6 is 11.6 Å². The summed E-state index contributed by atoms with van der Waals surface area (Å²) < 4.78 is 0. The van der Waals surface area contributed by atoms with Crippen LogP contribution in [0, 0.1) is 0 Å². The summed E-state index contributed by atoms with van der Waals surface area (Å²) in [6.07, 6.45) is 4.48. The molecule has 0 bridgehead atoms. The summed E-state index contributed by atoms with van der Waals surface area (Å²) in [5.41, 5.74) is 1.37. The number of hydrogen-bond acceptors (Lipinski definition) is 4. The van der Waals surface area contributed by atoms with Crippen molar-refractivity contribution in [2.75, 3.05) is 24.5 Å². The Balaban J connectivity index is 1.67. The van der Waals surface area contributed by atoms with Crippen molar-refractivity contribution in [2.24, 2.45) is 0 Å². The van der Waals surface area contributed by atoms with Gasteiger partial charge in [-0.25, -0.2) is 4.98 Å². The highest BCUT2D eigenvalue weighted by Crippen LogP contribution is 2.19. The van der Waals surface area contributed by atoms with Gasteiger partial charge in [0, 0.05) is 32.2 Å². The van der Waals surface area contributed by atoms with Gasteiger partial charge in [-0.05, 0) is 18.9 Å². The molecule has 1 fully saturated rings. The maximum Gasteiger partial charge on any atom is 0.149 e. The first-order chi connectivity index (χ1) is 10.7. The molecule has 1 saturated heterocycles. The van der Waals surface area contributed by atoms with Gasteiger partial charge in [-0.3, -0.25) is 9.88 Å². The highest BCUT2D eigenvalue weighted by Gasteiger charge is 2.21. The number of nitrogens with zero attached hydrogens (tertiary/aromatic N) is 4. The maximum absolute atomic E-state index is 5.96. The molecular weight excluding hydrogens is 296 g/mol. The predicted octanol–water partition coefficient (Wildman–Crippen LogP) is 3.23. The molecule has 3 rings (SSSR count). The summed E-state index contributed by atoms with van der Waals surface area (Å²) in [4.78, 5) is 13.3. The van der Waals surface area contributed by atoms with E-state index in [1.165, 1.54) is 5.56 Å². The van der Waals surface area contributed by atoms with Crippen molar-refractivity contribution in [1.82, 2.24) is 14.9 Å². The van der Waals surface area contributed by atoms with Gasteiger partial charge in [0.25, 0.3) is 0 Å². The van der Waals surface area contributed by atoms with E-state index in [4.69, 9.17) is 11.6 Å². The molecule has 1 atom stereocenters. The highest BCUT2D eigenvalue weighted by atomic mass is 35.5. The third-order valence-electron chi connectivity index (χ3n) is 4.24. The number of hydrogen-bond donors (Lipinski definition) is 0. The molecule has 1 aromatic carbocycles. The van der Waals surface area contributed by atoms with Crippen molar-refractivity contribution >= 4 is 17.4 Å². The Morgan fingerprint density at radius 1 is 1.14 bits per heavy atom. The van der Waals surface area contributed by atoms with E-state index < -0.39 is 0 Å². The lowest BCUT2D eigenvalue weighted by molar-refractivity contribution is 0.212. The number of rotatable bonds is 3. The van der Waals surface area contributed by atoms with Crippen LogP contribution in [0.4, 0.5) is 5.82 Å². The molecule has 0 saturated carbocycles. The molecule has 0 spiro atoms. The molecule has 5 heteroatoms. The van der Waals surface area contributed by atoms with Crippen LogP contribution in [0.2, 0.25) is 5.15 Å². The van der Waals surface area contributed by atoms with Gasteiger partial charge in [0.2, 0.25) is 0 Å². The van der Waals surface area contributed by atoms with Crippen molar-refractivity contribution < 1.29 is 0 Å². The minimum absolute atomic E-state index is 0.455. The summed E-state index contributed by atoms with van der Waals surface area (Å²) in [5, 5.41) is 0.455. The third-order valence-corrected chi connectivity index (χ3v) is 4.42. The standard InChI is InChI=1S/C17H21ClN4/c1-14-7-8-21(17-12-19-11-16(18)20-17)9-10-22(14)13-15-5-3-2-4-6-15/h2-6,11-12,14H,7-10,13H2,1H3. The minimum Gasteiger partial charge on any atom is -0.354 e. The van der Waals surface area contributed by atoms with Crippen LogP contribution in [-0.2, 0) is 6.54 Å². The molecule has 0 radical (unpaired) electrons. The molecule has 1 aliphatic rings. The fraction of sp³-hybridized carbons (Fsp3) is 0.412. The zero-order valence-electron chi connectivity index (χ0n) is 12.8. The van der Waals surface area contributed by atoms with E-state index >= 15 is 0 Å². The molecule has 0 aliphatic carbocycles. The second-order valence-corrected chi connectivity index (χ2v) is 6.17. The molecule has 1 unspecified atom stereocenters. The maximum atomic E-state index is 5.96. The predicted molar refractivity (Wildman–Crippen MR) is 90.2 cm³/mol. The number of aromatic nitrogens is 2. The van der Waals surface area contributed by atoms with Crippen LogP contribution < -0.4 is 4.90 Å². The Kier molecular flexibility index (Phi) is 4.90. The molecular formula is C17H21ClN4. The molecule has 2 aromatic rings. The lowest BCUT2D eigenvalue weighted by atomic mass is 10.1. The summed E-state index contributed by atoms with van der Waals surface area (Å²) in [7, 11) is 0. The number of halogens is 1. The van der Waals surface area contributed by atoms with Crippen molar-refractivity contribution in [2.45, 2.75) is 25.9 Å². The van der Waals surface area contributed by atoms with Crippen LogP contribution in [0.15, 0.2) is 42.7 Å². The quantitative estimate of drug-likeness (QED) is 0.870. The molecule has 0 amide bonds. The van der Waals surface area contributed by atoms with E-state index in [9.17, 15) is 0 Å². The number of benzene rings is 1. The first-order valence-electron chi connectivity index (χ1n) is 7.73. The van der Waals surface area contributed by atoms with E-state index in [2.05, 4.69) is 57.0 Å². The zero-order valence-corrected chi connectivity index (χ0v) is 13.6. The van der Waals surface area contributed by atoms with Gasteiger partial charge in [-0.2, -0.15) is 0 Å². The Labute approximate surface area is 136 Å². The Morgan fingerprint density at radius 3 is 2.73 bits per heavy atom. The zero-order chi connectivity index (χ0) is 15.4. The van der Waals surface area contributed by atoms with Gasteiger partial charge in [-0.15, -0.1) is 0 Å². The Bertz CT molecular complexity index is 605. The van der Waals surface area contributed by atoms with E-state index in [0.717, 1.165) is 38.4 Å². The SMILES string of the molecule is CC1CCN(c2cncc(Cl)n2)CCN1Cc1ccccc1. The van der Waals surface area contributed by atoms with Crippen molar-refractivity contribution in [3.8, 4) is 0 Å². The van der Waals surface area contributed by atoms with Gasteiger partial charge in [-0.1, -0.05) is 41.9 Å². The highest BCUT2D eigenvalue weighted by molar-refractivity contribution is 6.29. The average Bonchev–Trinajstić information content (AvgIpc) is 2.71. The fourth-order valence-electron chi connectivity index (χ4n) is 2.87. The summed E-state index contributed by atoms with van der Waals surface area (Å²) in [6.45, 7) is 6.26. The Morgan fingerprint density at radius 2 is 1.95 bits per heavy atom. The van der Waals surface area contributed by atoms with Gasteiger partial charge >= 0.3 is 0 Å². The largest absolute Gasteiger partial charge is 0.354 e. The van der Waals surface area contributed by atoms with Crippen LogP contribution in [0.1, 0.15) is 18.9 Å². The molecule has 4 nitrogen and oxygen atoms in total. The number of anilines is 1. The lowest BCUT2D eigenvalue weighted by Gasteiger charge is -2.26. The normalized spacial score (nSPS) is 19.9. The molecule has 2 heterocycles. The lowest BCUT2D eigenvalue weighted by Crippen LogP contribution is -2.34. The van der Waals surface area contributed by atoms with Crippen LogP contribution in [0.25, 0.3) is 0 Å². The molecule has 1 aromatic heterocycles. The van der Waals surface area contributed by atoms with E-state index in [1.54, 1.807) is 12.4 Å². The topological polar surface area (TPSA) is 32.3 Å². The van der Waals surface area contributed by atoms with E-state index in [-0.39, 0.29) is 0 Å². The van der Waals surface area contributed by atoms with Crippen molar-refractivity contribution in [1.29, 1.82) is 0 Å². The van der Waals surface area contributed by atoms with E-state index in [0.29, 0.717) is 11.2 Å². The molecule has 1 aliphatic heterocycles.